The van der Waals surface area contributed by atoms with Gasteiger partial charge in [0.15, 0.2) is 5.78 Å². The normalized spacial score (nSPS) is 17.2. The topological polar surface area (TPSA) is 17.1 Å². The fourth-order valence-corrected chi connectivity index (χ4v) is 1.88. The van der Waals surface area contributed by atoms with E-state index in [1.165, 1.54) is 5.56 Å². The van der Waals surface area contributed by atoms with Gasteiger partial charge in [-0.25, -0.2) is 0 Å². The lowest BCUT2D eigenvalue weighted by Gasteiger charge is -1.97. The molecule has 2 rings (SSSR count). The number of hydrogen-bond donors (Lipinski definition) is 0. The van der Waals surface area contributed by atoms with Gasteiger partial charge in [-0.15, -0.1) is 0 Å². The number of carbonyl (C=O) groups is 1. The molecule has 1 aliphatic carbocycles. The molecule has 0 aliphatic heterocycles. The van der Waals surface area contributed by atoms with Crippen molar-refractivity contribution in [1.82, 2.24) is 0 Å². The van der Waals surface area contributed by atoms with Crippen LogP contribution in [-0.4, -0.2) is 5.78 Å². The predicted molar refractivity (Wildman–Crippen MR) is 67.0 cm³/mol. The Morgan fingerprint density at radius 2 is 1.69 bits per heavy atom. The van der Waals surface area contributed by atoms with Crippen LogP contribution in [0.3, 0.4) is 0 Å². The van der Waals surface area contributed by atoms with Crippen molar-refractivity contribution < 1.29 is 4.79 Å². The number of benzene rings is 1. The van der Waals surface area contributed by atoms with Gasteiger partial charge in [-0.2, -0.15) is 0 Å². The van der Waals surface area contributed by atoms with E-state index in [1.54, 1.807) is 6.08 Å². The van der Waals surface area contributed by atoms with Crippen molar-refractivity contribution in [2.45, 2.75) is 25.7 Å². The van der Waals surface area contributed by atoms with Gasteiger partial charge in [0, 0.05) is 6.42 Å². The van der Waals surface area contributed by atoms with Crippen LogP contribution in [0, 0.1) is 0 Å². The van der Waals surface area contributed by atoms with Crippen molar-refractivity contribution in [2.75, 3.05) is 0 Å². The minimum atomic E-state index is 0.269. The first-order valence-corrected chi connectivity index (χ1v) is 5.81. The van der Waals surface area contributed by atoms with Crippen molar-refractivity contribution in [3.05, 3.63) is 53.6 Å². The zero-order valence-corrected chi connectivity index (χ0v) is 9.36. The van der Waals surface area contributed by atoms with Gasteiger partial charge in [0.25, 0.3) is 0 Å². The summed E-state index contributed by atoms with van der Waals surface area (Å²) in [4.78, 5) is 11.4. The van der Waals surface area contributed by atoms with Crippen molar-refractivity contribution >= 4 is 11.9 Å². The Balaban J connectivity index is 2.09. The van der Waals surface area contributed by atoms with Gasteiger partial charge in [0.1, 0.15) is 0 Å². The molecule has 16 heavy (non-hydrogen) atoms. The number of allylic oxidation sites excluding steroid dienone is 3. The average molecular weight is 212 g/mol. The molecule has 82 valence electrons. The van der Waals surface area contributed by atoms with Gasteiger partial charge >= 0.3 is 0 Å². The van der Waals surface area contributed by atoms with Crippen LogP contribution < -0.4 is 0 Å². The second-order valence-electron chi connectivity index (χ2n) is 4.14. The van der Waals surface area contributed by atoms with E-state index in [2.05, 4.69) is 24.3 Å². The Bertz CT molecular complexity index is 412. The van der Waals surface area contributed by atoms with Crippen LogP contribution in [0.25, 0.3) is 6.08 Å². The molecule has 0 saturated carbocycles. The standard InChI is InChI=1S/C15H16O/c16-15-9-5-4-8-14(12-15)11-10-13-6-2-1-3-7-13/h1-3,6-7,10-12H,4-5,8-9H2/b11-10+. The van der Waals surface area contributed by atoms with Crippen LogP contribution in [0.2, 0.25) is 0 Å². The third-order valence-corrected chi connectivity index (χ3v) is 2.77. The van der Waals surface area contributed by atoms with Crippen molar-refractivity contribution in [3.8, 4) is 0 Å². The van der Waals surface area contributed by atoms with E-state index in [0.29, 0.717) is 6.42 Å². The van der Waals surface area contributed by atoms with E-state index in [4.69, 9.17) is 0 Å². The number of ketones is 1. The first kappa shape index (κ1) is 10.9. The summed E-state index contributed by atoms with van der Waals surface area (Å²) in [6, 6.07) is 10.2. The molecule has 0 fully saturated rings. The first-order valence-electron chi connectivity index (χ1n) is 5.81. The van der Waals surface area contributed by atoms with Crippen LogP contribution in [0.4, 0.5) is 0 Å². The molecule has 0 spiro atoms. The summed E-state index contributed by atoms with van der Waals surface area (Å²) in [6.45, 7) is 0. The summed E-state index contributed by atoms with van der Waals surface area (Å²) < 4.78 is 0. The van der Waals surface area contributed by atoms with Gasteiger partial charge in [-0.3, -0.25) is 4.79 Å². The third-order valence-electron chi connectivity index (χ3n) is 2.77. The molecular weight excluding hydrogens is 196 g/mol. The molecule has 0 bridgehead atoms. The fourth-order valence-electron chi connectivity index (χ4n) is 1.88. The Morgan fingerprint density at radius 3 is 2.50 bits per heavy atom. The highest BCUT2D eigenvalue weighted by atomic mass is 16.1. The van der Waals surface area contributed by atoms with Gasteiger partial charge < -0.3 is 0 Å². The number of rotatable bonds is 2. The highest BCUT2D eigenvalue weighted by Gasteiger charge is 2.05. The molecule has 1 heteroatoms. The van der Waals surface area contributed by atoms with E-state index in [0.717, 1.165) is 24.8 Å². The lowest BCUT2D eigenvalue weighted by molar-refractivity contribution is -0.114. The smallest absolute Gasteiger partial charge is 0.155 e. The summed E-state index contributed by atoms with van der Waals surface area (Å²) in [5.74, 6) is 0.269. The lowest BCUT2D eigenvalue weighted by Crippen LogP contribution is -1.89. The minimum absolute atomic E-state index is 0.269. The Kier molecular flexibility index (Phi) is 3.71. The third kappa shape index (κ3) is 3.20. The maximum Gasteiger partial charge on any atom is 0.155 e. The highest BCUT2D eigenvalue weighted by Crippen LogP contribution is 2.17. The summed E-state index contributed by atoms with van der Waals surface area (Å²) in [5, 5.41) is 0. The first-order chi connectivity index (χ1) is 7.84. The maximum absolute atomic E-state index is 11.4. The van der Waals surface area contributed by atoms with E-state index >= 15 is 0 Å². The molecule has 0 amide bonds. The quantitative estimate of drug-likeness (QED) is 0.729. The molecule has 1 aliphatic rings. The number of hydrogen-bond acceptors (Lipinski definition) is 1. The van der Waals surface area contributed by atoms with Gasteiger partial charge in [-0.05, 0) is 36.5 Å². The molecule has 0 N–H and O–H groups in total. The Morgan fingerprint density at radius 1 is 0.938 bits per heavy atom. The van der Waals surface area contributed by atoms with Crippen LogP contribution in [0.15, 0.2) is 48.1 Å². The summed E-state index contributed by atoms with van der Waals surface area (Å²) in [7, 11) is 0. The van der Waals surface area contributed by atoms with Gasteiger partial charge in [0.2, 0.25) is 0 Å². The molecule has 0 unspecified atom stereocenters. The fraction of sp³-hybridized carbons (Fsp3) is 0.267. The molecule has 0 radical (unpaired) electrons. The van der Waals surface area contributed by atoms with Crippen LogP contribution in [0.5, 0.6) is 0 Å². The summed E-state index contributed by atoms with van der Waals surface area (Å²) >= 11 is 0. The van der Waals surface area contributed by atoms with Gasteiger partial charge in [0.05, 0.1) is 0 Å². The van der Waals surface area contributed by atoms with Crippen LogP contribution in [-0.2, 0) is 4.79 Å². The molecule has 1 aromatic carbocycles. The summed E-state index contributed by atoms with van der Waals surface area (Å²) in [5.41, 5.74) is 2.34. The van der Waals surface area contributed by atoms with E-state index in [1.807, 2.05) is 18.2 Å². The SMILES string of the molecule is O=C1C=C(/C=C/c2ccccc2)CCCC1. The molecule has 0 saturated heterocycles. The maximum atomic E-state index is 11.4. The molecule has 1 nitrogen and oxygen atoms in total. The van der Waals surface area contributed by atoms with E-state index in [-0.39, 0.29) is 5.78 Å². The zero-order chi connectivity index (χ0) is 11.2. The second kappa shape index (κ2) is 5.45. The Labute approximate surface area is 96.5 Å². The summed E-state index contributed by atoms with van der Waals surface area (Å²) in [6.07, 6.45) is 9.82. The van der Waals surface area contributed by atoms with Crippen LogP contribution in [0.1, 0.15) is 31.2 Å². The number of carbonyl (C=O) groups excluding carboxylic acids is 1. The van der Waals surface area contributed by atoms with Crippen molar-refractivity contribution in [2.24, 2.45) is 0 Å². The zero-order valence-electron chi connectivity index (χ0n) is 9.36. The van der Waals surface area contributed by atoms with E-state index in [9.17, 15) is 4.79 Å². The molecule has 1 aromatic rings. The molecular formula is C15H16O. The van der Waals surface area contributed by atoms with Crippen molar-refractivity contribution in [3.63, 3.8) is 0 Å². The Hall–Kier alpha value is -1.63. The van der Waals surface area contributed by atoms with Gasteiger partial charge in [-0.1, -0.05) is 42.5 Å². The lowest BCUT2D eigenvalue weighted by atomic mass is 10.1. The van der Waals surface area contributed by atoms with Crippen molar-refractivity contribution in [1.29, 1.82) is 0 Å². The monoisotopic (exact) mass is 212 g/mol. The minimum Gasteiger partial charge on any atom is -0.295 e. The predicted octanol–water partition coefficient (Wildman–Crippen LogP) is 3.77. The average Bonchev–Trinajstić information content (AvgIpc) is 2.52. The molecule has 0 atom stereocenters. The van der Waals surface area contributed by atoms with Crippen LogP contribution >= 0.6 is 0 Å². The van der Waals surface area contributed by atoms with E-state index < -0.39 is 0 Å². The molecule has 0 aromatic heterocycles. The highest BCUT2D eigenvalue weighted by molar-refractivity contribution is 5.91. The second-order valence-corrected chi connectivity index (χ2v) is 4.14. The molecule has 0 heterocycles. The largest absolute Gasteiger partial charge is 0.295 e.